The maximum Gasteiger partial charge on any atom is 0.0598 e. The molecule has 1 nitrogen and oxygen atoms in total. The summed E-state index contributed by atoms with van der Waals surface area (Å²) in [6, 6.07) is 14.6. The van der Waals surface area contributed by atoms with Gasteiger partial charge in [-0.05, 0) is 34.9 Å². The van der Waals surface area contributed by atoms with Crippen LogP contribution >= 0.6 is 23.2 Å². The molecule has 0 aliphatic rings. The van der Waals surface area contributed by atoms with Gasteiger partial charge >= 0.3 is 0 Å². The molecule has 0 aliphatic carbocycles. The SMILES string of the molecule is CC(C)NCc1cccc(-c2ccc(Cl)c(Cl)c2)c1. The summed E-state index contributed by atoms with van der Waals surface area (Å²) >= 11 is 12.0. The third kappa shape index (κ3) is 3.97. The van der Waals surface area contributed by atoms with Crippen molar-refractivity contribution in [1.82, 2.24) is 5.32 Å². The van der Waals surface area contributed by atoms with Gasteiger partial charge in [0.25, 0.3) is 0 Å². The summed E-state index contributed by atoms with van der Waals surface area (Å²) in [7, 11) is 0. The van der Waals surface area contributed by atoms with E-state index in [1.807, 2.05) is 18.2 Å². The summed E-state index contributed by atoms with van der Waals surface area (Å²) in [6.45, 7) is 5.15. The quantitative estimate of drug-likeness (QED) is 0.821. The van der Waals surface area contributed by atoms with Gasteiger partial charge in [-0.2, -0.15) is 0 Å². The van der Waals surface area contributed by atoms with Crippen molar-refractivity contribution in [3.8, 4) is 11.1 Å². The largest absolute Gasteiger partial charge is 0.310 e. The fourth-order valence-corrected chi connectivity index (χ4v) is 2.16. The molecular formula is C16H17Cl2N. The highest BCUT2D eigenvalue weighted by Gasteiger charge is 2.03. The van der Waals surface area contributed by atoms with Crippen molar-refractivity contribution in [2.45, 2.75) is 26.4 Å². The van der Waals surface area contributed by atoms with Gasteiger partial charge in [0.1, 0.15) is 0 Å². The van der Waals surface area contributed by atoms with E-state index >= 15 is 0 Å². The van der Waals surface area contributed by atoms with E-state index in [1.165, 1.54) is 5.56 Å². The maximum absolute atomic E-state index is 6.06. The first-order valence-electron chi connectivity index (χ1n) is 6.34. The monoisotopic (exact) mass is 293 g/mol. The summed E-state index contributed by atoms with van der Waals surface area (Å²) in [6.07, 6.45) is 0. The van der Waals surface area contributed by atoms with Gasteiger partial charge < -0.3 is 5.32 Å². The summed E-state index contributed by atoms with van der Waals surface area (Å²) in [5.41, 5.74) is 3.50. The van der Waals surface area contributed by atoms with Gasteiger partial charge in [0, 0.05) is 12.6 Å². The molecule has 0 fully saturated rings. The Labute approximate surface area is 124 Å². The smallest absolute Gasteiger partial charge is 0.0598 e. The van der Waals surface area contributed by atoms with Crippen LogP contribution in [0.4, 0.5) is 0 Å². The molecule has 2 rings (SSSR count). The molecule has 19 heavy (non-hydrogen) atoms. The lowest BCUT2D eigenvalue weighted by molar-refractivity contribution is 0.589. The molecule has 1 N–H and O–H groups in total. The molecule has 2 aromatic rings. The van der Waals surface area contributed by atoms with Crippen molar-refractivity contribution >= 4 is 23.2 Å². The topological polar surface area (TPSA) is 12.0 Å². The van der Waals surface area contributed by atoms with Crippen LogP contribution in [0, 0.1) is 0 Å². The van der Waals surface area contributed by atoms with E-state index in [1.54, 1.807) is 0 Å². The second-order valence-electron chi connectivity index (χ2n) is 4.86. The number of hydrogen-bond donors (Lipinski definition) is 1. The molecule has 0 spiro atoms. The molecule has 0 radical (unpaired) electrons. The Kier molecular flexibility index (Phi) is 4.87. The van der Waals surface area contributed by atoms with Crippen LogP contribution in [-0.2, 0) is 6.54 Å². The Morgan fingerprint density at radius 2 is 1.68 bits per heavy atom. The Bertz CT molecular complexity index is 564. The van der Waals surface area contributed by atoms with Crippen molar-refractivity contribution in [2.24, 2.45) is 0 Å². The summed E-state index contributed by atoms with van der Waals surface area (Å²) < 4.78 is 0. The van der Waals surface area contributed by atoms with Crippen LogP contribution in [0.15, 0.2) is 42.5 Å². The molecule has 100 valence electrons. The number of hydrogen-bond acceptors (Lipinski definition) is 1. The van der Waals surface area contributed by atoms with E-state index < -0.39 is 0 Å². The van der Waals surface area contributed by atoms with Gasteiger partial charge in [-0.15, -0.1) is 0 Å². The number of benzene rings is 2. The number of nitrogens with one attached hydrogen (secondary N) is 1. The van der Waals surface area contributed by atoms with Crippen LogP contribution < -0.4 is 5.32 Å². The Balaban J connectivity index is 2.24. The minimum atomic E-state index is 0.480. The lowest BCUT2D eigenvalue weighted by Crippen LogP contribution is -2.21. The number of halogens is 2. The third-order valence-electron chi connectivity index (χ3n) is 2.89. The van der Waals surface area contributed by atoms with Crippen LogP contribution in [0.25, 0.3) is 11.1 Å². The molecule has 0 saturated carbocycles. The highest BCUT2D eigenvalue weighted by Crippen LogP contribution is 2.28. The second-order valence-corrected chi connectivity index (χ2v) is 5.68. The van der Waals surface area contributed by atoms with Gasteiger partial charge in [0.2, 0.25) is 0 Å². The molecule has 0 unspecified atom stereocenters. The van der Waals surface area contributed by atoms with Crippen molar-refractivity contribution < 1.29 is 0 Å². The zero-order valence-corrected chi connectivity index (χ0v) is 12.6. The molecule has 0 saturated heterocycles. The molecule has 3 heteroatoms. The van der Waals surface area contributed by atoms with E-state index in [0.29, 0.717) is 16.1 Å². The molecule has 0 bridgehead atoms. The minimum absolute atomic E-state index is 0.480. The molecule has 0 amide bonds. The maximum atomic E-state index is 6.06. The lowest BCUT2D eigenvalue weighted by atomic mass is 10.0. The summed E-state index contributed by atoms with van der Waals surface area (Å²) in [4.78, 5) is 0. The average Bonchev–Trinajstić information content (AvgIpc) is 2.40. The van der Waals surface area contributed by atoms with Crippen LogP contribution in [-0.4, -0.2) is 6.04 Å². The fourth-order valence-electron chi connectivity index (χ4n) is 1.86. The lowest BCUT2D eigenvalue weighted by Gasteiger charge is -2.10. The van der Waals surface area contributed by atoms with Gasteiger partial charge in [-0.3, -0.25) is 0 Å². The highest BCUT2D eigenvalue weighted by molar-refractivity contribution is 6.42. The molecular weight excluding hydrogens is 277 g/mol. The standard InChI is InChI=1S/C16H17Cl2N/c1-11(2)19-10-12-4-3-5-13(8-12)14-6-7-15(17)16(18)9-14/h3-9,11,19H,10H2,1-2H3. The van der Waals surface area contributed by atoms with Crippen molar-refractivity contribution in [3.05, 3.63) is 58.1 Å². The molecule has 0 aliphatic heterocycles. The molecule has 0 aromatic heterocycles. The highest BCUT2D eigenvalue weighted by atomic mass is 35.5. The zero-order chi connectivity index (χ0) is 13.8. The zero-order valence-electron chi connectivity index (χ0n) is 11.1. The average molecular weight is 294 g/mol. The predicted molar refractivity (Wildman–Crippen MR) is 83.9 cm³/mol. The van der Waals surface area contributed by atoms with E-state index in [9.17, 15) is 0 Å². The minimum Gasteiger partial charge on any atom is -0.310 e. The van der Waals surface area contributed by atoms with E-state index in [0.717, 1.165) is 17.7 Å². The fraction of sp³-hybridized carbons (Fsp3) is 0.250. The predicted octanol–water partition coefficient (Wildman–Crippen LogP) is 5.16. The molecule has 2 aromatic carbocycles. The van der Waals surface area contributed by atoms with Gasteiger partial charge in [0.15, 0.2) is 0 Å². The van der Waals surface area contributed by atoms with Crippen LogP contribution in [0.5, 0.6) is 0 Å². The van der Waals surface area contributed by atoms with Crippen LogP contribution in [0.3, 0.4) is 0 Å². The molecule has 0 heterocycles. The van der Waals surface area contributed by atoms with E-state index in [4.69, 9.17) is 23.2 Å². The van der Waals surface area contributed by atoms with Crippen LogP contribution in [0.2, 0.25) is 10.0 Å². The number of rotatable bonds is 4. The van der Waals surface area contributed by atoms with Crippen molar-refractivity contribution in [2.75, 3.05) is 0 Å². The van der Waals surface area contributed by atoms with Crippen LogP contribution in [0.1, 0.15) is 19.4 Å². The first-order chi connectivity index (χ1) is 9.06. The summed E-state index contributed by atoms with van der Waals surface area (Å²) in [5.74, 6) is 0. The Hall–Kier alpha value is -1.02. The first-order valence-corrected chi connectivity index (χ1v) is 7.09. The van der Waals surface area contributed by atoms with Gasteiger partial charge in [-0.25, -0.2) is 0 Å². The van der Waals surface area contributed by atoms with E-state index in [-0.39, 0.29) is 0 Å². The molecule has 0 atom stereocenters. The Morgan fingerprint density at radius 3 is 2.37 bits per heavy atom. The normalized spacial score (nSPS) is 11.0. The van der Waals surface area contributed by atoms with Crippen molar-refractivity contribution in [3.63, 3.8) is 0 Å². The Morgan fingerprint density at radius 1 is 0.947 bits per heavy atom. The second kappa shape index (κ2) is 6.42. The van der Waals surface area contributed by atoms with Gasteiger partial charge in [-0.1, -0.05) is 61.3 Å². The van der Waals surface area contributed by atoms with Gasteiger partial charge in [0.05, 0.1) is 10.0 Å². The van der Waals surface area contributed by atoms with Crippen molar-refractivity contribution in [1.29, 1.82) is 0 Å². The van der Waals surface area contributed by atoms with E-state index in [2.05, 4.69) is 43.4 Å². The third-order valence-corrected chi connectivity index (χ3v) is 3.63. The first kappa shape index (κ1) is 14.4. The summed E-state index contributed by atoms with van der Waals surface area (Å²) in [5, 5.41) is 4.59.